The first-order chi connectivity index (χ1) is 8.84. The summed E-state index contributed by atoms with van der Waals surface area (Å²) in [6.07, 6.45) is 5.97. The number of amides is 1. The predicted molar refractivity (Wildman–Crippen MR) is 71.5 cm³/mol. The van der Waals surface area contributed by atoms with Crippen molar-refractivity contribution in [2.24, 2.45) is 0 Å². The Hall–Kier alpha value is -2.03. The van der Waals surface area contributed by atoms with Gasteiger partial charge in [0.05, 0.1) is 0 Å². The Morgan fingerprint density at radius 3 is 2.72 bits per heavy atom. The molecule has 3 heteroatoms. The van der Waals surface area contributed by atoms with Crippen molar-refractivity contribution in [3.63, 3.8) is 0 Å². The van der Waals surface area contributed by atoms with Crippen LogP contribution < -0.4 is 4.90 Å². The number of anilines is 1. The Morgan fingerprint density at radius 1 is 1.11 bits per heavy atom. The van der Waals surface area contributed by atoms with Crippen LogP contribution in [0.3, 0.4) is 0 Å². The molecule has 0 aliphatic carbocycles. The third-order valence-electron chi connectivity index (χ3n) is 3.40. The van der Waals surface area contributed by atoms with E-state index < -0.39 is 0 Å². The largest absolute Gasteiger partial charge is 0.345 e. The predicted octanol–water partition coefficient (Wildman–Crippen LogP) is 2.47. The quantitative estimate of drug-likeness (QED) is 0.791. The molecular formula is C15H16N2O. The van der Waals surface area contributed by atoms with Gasteiger partial charge in [-0.3, -0.25) is 4.79 Å². The molecule has 0 N–H and O–H groups in total. The van der Waals surface area contributed by atoms with Crippen LogP contribution in [0.1, 0.15) is 12.0 Å². The van der Waals surface area contributed by atoms with E-state index in [2.05, 4.69) is 6.07 Å². The maximum Gasteiger partial charge on any atom is 0.246 e. The molecule has 1 aliphatic heterocycles. The Kier molecular flexibility index (Phi) is 2.89. The molecule has 0 saturated carbocycles. The van der Waals surface area contributed by atoms with E-state index in [1.807, 2.05) is 52.2 Å². The number of hydrogen-bond acceptors (Lipinski definition) is 1. The number of hydrogen-bond donors (Lipinski definition) is 0. The summed E-state index contributed by atoms with van der Waals surface area (Å²) in [7, 11) is 0. The topological polar surface area (TPSA) is 25.2 Å². The van der Waals surface area contributed by atoms with Gasteiger partial charge in [-0.1, -0.05) is 18.2 Å². The summed E-state index contributed by atoms with van der Waals surface area (Å²) < 4.78 is 1.92. The number of fused-ring (bicyclic) bond motifs is 1. The molecule has 0 bridgehead atoms. The third-order valence-corrected chi connectivity index (χ3v) is 3.40. The van der Waals surface area contributed by atoms with Crippen molar-refractivity contribution in [2.45, 2.75) is 19.4 Å². The highest BCUT2D eigenvalue weighted by Crippen LogP contribution is 2.26. The molecule has 0 radical (unpaired) electrons. The zero-order chi connectivity index (χ0) is 12.4. The van der Waals surface area contributed by atoms with E-state index in [9.17, 15) is 4.79 Å². The van der Waals surface area contributed by atoms with Gasteiger partial charge in [-0.2, -0.15) is 0 Å². The first kappa shape index (κ1) is 11.1. The van der Waals surface area contributed by atoms with E-state index in [-0.39, 0.29) is 5.91 Å². The number of rotatable bonds is 2. The van der Waals surface area contributed by atoms with Gasteiger partial charge in [-0.15, -0.1) is 0 Å². The number of carbonyl (C=O) groups is 1. The minimum Gasteiger partial charge on any atom is -0.345 e. The molecule has 3 rings (SSSR count). The minimum absolute atomic E-state index is 0.165. The van der Waals surface area contributed by atoms with Crippen molar-refractivity contribution >= 4 is 11.6 Å². The van der Waals surface area contributed by atoms with E-state index in [0.717, 1.165) is 25.1 Å². The van der Waals surface area contributed by atoms with E-state index in [4.69, 9.17) is 0 Å². The first-order valence-electron chi connectivity index (χ1n) is 6.33. The second kappa shape index (κ2) is 4.69. The normalized spacial score (nSPS) is 14.3. The second-order valence-corrected chi connectivity index (χ2v) is 4.63. The van der Waals surface area contributed by atoms with Crippen LogP contribution in [0, 0.1) is 0 Å². The molecule has 2 heterocycles. The Labute approximate surface area is 107 Å². The fourth-order valence-electron chi connectivity index (χ4n) is 2.51. The fraction of sp³-hybridized carbons (Fsp3) is 0.267. The van der Waals surface area contributed by atoms with Crippen LogP contribution in [0.4, 0.5) is 5.69 Å². The molecule has 0 spiro atoms. The molecule has 0 saturated heterocycles. The van der Waals surface area contributed by atoms with Gasteiger partial charge in [-0.05, 0) is 36.6 Å². The smallest absolute Gasteiger partial charge is 0.246 e. The highest BCUT2D eigenvalue weighted by atomic mass is 16.2. The Morgan fingerprint density at radius 2 is 1.89 bits per heavy atom. The summed E-state index contributed by atoms with van der Waals surface area (Å²) in [4.78, 5) is 14.2. The van der Waals surface area contributed by atoms with Gasteiger partial charge < -0.3 is 9.47 Å². The van der Waals surface area contributed by atoms with Gasteiger partial charge in [0, 0.05) is 24.6 Å². The lowest BCUT2D eigenvalue weighted by Gasteiger charge is -2.29. The van der Waals surface area contributed by atoms with Crippen LogP contribution in [-0.4, -0.2) is 17.0 Å². The second-order valence-electron chi connectivity index (χ2n) is 4.63. The molecule has 0 fully saturated rings. The molecule has 18 heavy (non-hydrogen) atoms. The maximum absolute atomic E-state index is 12.3. The van der Waals surface area contributed by atoms with Crippen molar-refractivity contribution < 1.29 is 4.79 Å². The summed E-state index contributed by atoms with van der Waals surface area (Å²) in [5, 5.41) is 0. The zero-order valence-corrected chi connectivity index (χ0v) is 10.2. The number of aromatic nitrogens is 1. The Balaban J connectivity index is 1.83. The molecule has 0 atom stereocenters. The van der Waals surface area contributed by atoms with Gasteiger partial charge in [-0.25, -0.2) is 0 Å². The fourth-order valence-corrected chi connectivity index (χ4v) is 2.51. The number of carbonyl (C=O) groups excluding carboxylic acids is 1. The highest BCUT2D eigenvalue weighted by molar-refractivity contribution is 5.94. The SMILES string of the molecule is O=C(Cn1cccc1)N1CCCc2ccccc21. The summed E-state index contributed by atoms with van der Waals surface area (Å²) >= 11 is 0. The monoisotopic (exact) mass is 240 g/mol. The molecule has 2 aromatic rings. The summed E-state index contributed by atoms with van der Waals surface area (Å²) in [6.45, 7) is 1.25. The Bertz CT molecular complexity index is 545. The van der Waals surface area contributed by atoms with Gasteiger partial charge in [0.15, 0.2) is 0 Å². The molecule has 1 amide bonds. The van der Waals surface area contributed by atoms with Crippen molar-refractivity contribution in [3.8, 4) is 0 Å². The number of aryl methyl sites for hydroxylation is 1. The lowest BCUT2D eigenvalue weighted by molar-refractivity contribution is -0.119. The molecule has 1 aliphatic rings. The molecule has 1 aromatic carbocycles. The van der Waals surface area contributed by atoms with E-state index in [0.29, 0.717) is 6.54 Å². The van der Waals surface area contributed by atoms with Gasteiger partial charge in [0.1, 0.15) is 6.54 Å². The molecule has 92 valence electrons. The summed E-state index contributed by atoms with van der Waals surface area (Å²) in [6, 6.07) is 12.1. The molecule has 1 aromatic heterocycles. The maximum atomic E-state index is 12.3. The molecular weight excluding hydrogens is 224 g/mol. The van der Waals surface area contributed by atoms with Crippen LogP contribution in [0.25, 0.3) is 0 Å². The highest BCUT2D eigenvalue weighted by Gasteiger charge is 2.21. The summed E-state index contributed by atoms with van der Waals surface area (Å²) in [5.41, 5.74) is 2.37. The molecule has 3 nitrogen and oxygen atoms in total. The number of nitrogens with zero attached hydrogens (tertiary/aromatic N) is 2. The van der Waals surface area contributed by atoms with Gasteiger partial charge in [0.25, 0.3) is 0 Å². The van der Waals surface area contributed by atoms with Crippen LogP contribution in [0.15, 0.2) is 48.8 Å². The number of para-hydroxylation sites is 1. The lowest BCUT2D eigenvalue weighted by Crippen LogP contribution is -2.37. The van der Waals surface area contributed by atoms with Crippen LogP contribution in [-0.2, 0) is 17.8 Å². The standard InChI is InChI=1S/C15H16N2O/c18-15(12-16-9-3-4-10-16)17-11-5-7-13-6-1-2-8-14(13)17/h1-4,6,8-10H,5,7,11-12H2. The number of benzene rings is 1. The lowest BCUT2D eigenvalue weighted by atomic mass is 10.0. The average Bonchev–Trinajstić information content (AvgIpc) is 2.91. The minimum atomic E-state index is 0.165. The third kappa shape index (κ3) is 2.04. The van der Waals surface area contributed by atoms with Crippen LogP contribution >= 0.6 is 0 Å². The zero-order valence-electron chi connectivity index (χ0n) is 10.2. The van der Waals surface area contributed by atoms with Crippen molar-refractivity contribution in [1.29, 1.82) is 0 Å². The van der Waals surface area contributed by atoms with Crippen LogP contribution in [0.5, 0.6) is 0 Å². The van der Waals surface area contributed by atoms with E-state index >= 15 is 0 Å². The van der Waals surface area contributed by atoms with Crippen molar-refractivity contribution in [1.82, 2.24) is 4.57 Å². The van der Waals surface area contributed by atoms with Gasteiger partial charge in [0.2, 0.25) is 5.91 Å². The van der Waals surface area contributed by atoms with Crippen molar-refractivity contribution in [2.75, 3.05) is 11.4 Å². The van der Waals surface area contributed by atoms with Crippen LogP contribution in [0.2, 0.25) is 0 Å². The van der Waals surface area contributed by atoms with Gasteiger partial charge >= 0.3 is 0 Å². The van der Waals surface area contributed by atoms with E-state index in [1.165, 1.54) is 5.56 Å². The van der Waals surface area contributed by atoms with Crippen molar-refractivity contribution in [3.05, 3.63) is 54.4 Å². The molecule has 0 unspecified atom stereocenters. The summed E-state index contributed by atoms with van der Waals surface area (Å²) in [5.74, 6) is 0.165. The van der Waals surface area contributed by atoms with E-state index in [1.54, 1.807) is 0 Å². The first-order valence-corrected chi connectivity index (χ1v) is 6.33. The average molecular weight is 240 g/mol.